The van der Waals surface area contributed by atoms with Gasteiger partial charge in [0.2, 0.25) is 0 Å². The zero-order valence-corrected chi connectivity index (χ0v) is 9.26. The zero-order valence-electron chi connectivity index (χ0n) is 9.26. The summed E-state index contributed by atoms with van der Waals surface area (Å²) in [5.41, 5.74) is 0. The van der Waals surface area contributed by atoms with Gasteiger partial charge in [-0.3, -0.25) is 4.99 Å². The molecule has 0 amide bonds. The van der Waals surface area contributed by atoms with E-state index in [9.17, 15) is 0 Å². The van der Waals surface area contributed by atoms with Crippen LogP contribution < -0.4 is 0 Å². The summed E-state index contributed by atoms with van der Waals surface area (Å²) >= 11 is 0. The summed E-state index contributed by atoms with van der Waals surface area (Å²) in [5.74, 6) is 1.74. The van der Waals surface area contributed by atoms with Crippen molar-refractivity contribution < 1.29 is 0 Å². The monoisotopic (exact) mass is 170 g/mol. The molecule has 0 aromatic heterocycles. The van der Waals surface area contributed by atoms with Gasteiger partial charge < -0.3 is 4.90 Å². The van der Waals surface area contributed by atoms with E-state index in [1.807, 2.05) is 0 Å². The Morgan fingerprint density at radius 1 is 1.25 bits per heavy atom. The highest BCUT2D eigenvalue weighted by molar-refractivity contribution is 5.83. The van der Waals surface area contributed by atoms with Gasteiger partial charge in [-0.15, -0.1) is 0 Å². The molecule has 12 heavy (non-hydrogen) atoms. The largest absolute Gasteiger partial charge is 0.363 e. The highest BCUT2D eigenvalue weighted by Crippen LogP contribution is 2.03. The van der Waals surface area contributed by atoms with E-state index < -0.39 is 0 Å². The first-order chi connectivity index (χ1) is 5.49. The number of aliphatic imine (C=N–C) groups is 1. The Labute approximate surface area is 76.7 Å². The predicted molar refractivity (Wildman–Crippen MR) is 55.7 cm³/mol. The van der Waals surface area contributed by atoms with E-state index in [4.69, 9.17) is 0 Å². The van der Waals surface area contributed by atoms with Crippen molar-refractivity contribution in [1.29, 1.82) is 0 Å². The molecule has 2 nitrogen and oxygen atoms in total. The van der Waals surface area contributed by atoms with Gasteiger partial charge in [-0.05, 0) is 20.8 Å². The molecule has 72 valence electrons. The number of rotatable bonds is 3. The Morgan fingerprint density at radius 3 is 2.00 bits per heavy atom. The van der Waals surface area contributed by atoms with E-state index in [0.717, 1.165) is 6.54 Å². The third-order valence-electron chi connectivity index (χ3n) is 1.77. The normalized spacial score (nSPS) is 12.8. The van der Waals surface area contributed by atoms with Crippen LogP contribution >= 0.6 is 0 Å². The van der Waals surface area contributed by atoms with Crippen LogP contribution in [0.15, 0.2) is 4.99 Å². The molecular weight excluding hydrogens is 148 g/mol. The van der Waals surface area contributed by atoms with Gasteiger partial charge in [-0.25, -0.2) is 0 Å². The first-order valence-corrected chi connectivity index (χ1v) is 4.77. The minimum atomic E-state index is 0.399. The zero-order chi connectivity index (χ0) is 9.72. The molecule has 0 radical (unpaired) electrons. The summed E-state index contributed by atoms with van der Waals surface area (Å²) in [5, 5.41) is 0. The van der Waals surface area contributed by atoms with Crippen molar-refractivity contribution in [3.8, 4) is 0 Å². The van der Waals surface area contributed by atoms with Gasteiger partial charge in [0.25, 0.3) is 0 Å². The van der Waals surface area contributed by atoms with E-state index in [2.05, 4.69) is 51.6 Å². The molecule has 0 aromatic rings. The summed E-state index contributed by atoms with van der Waals surface area (Å²) in [7, 11) is 2.10. The maximum Gasteiger partial charge on any atom is 0.101 e. The van der Waals surface area contributed by atoms with Crippen LogP contribution in [0, 0.1) is 5.92 Å². The second-order valence-electron chi connectivity index (χ2n) is 3.75. The standard InChI is InChI=1S/C10H22N2/c1-7-12(6)10(8(2)3)11-9(4)5/h8-9H,7H2,1-6H3/b11-10-. The number of amidine groups is 1. The van der Waals surface area contributed by atoms with Crippen LogP contribution in [0.4, 0.5) is 0 Å². The molecule has 0 saturated heterocycles. The van der Waals surface area contributed by atoms with Gasteiger partial charge in [0, 0.05) is 25.6 Å². The smallest absolute Gasteiger partial charge is 0.101 e. The lowest BCUT2D eigenvalue weighted by Crippen LogP contribution is -2.31. The summed E-state index contributed by atoms with van der Waals surface area (Å²) in [6, 6.07) is 0.399. The molecule has 0 bridgehead atoms. The quantitative estimate of drug-likeness (QED) is 0.469. The molecule has 0 fully saturated rings. The van der Waals surface area contributed by atoms with E-state index in [1.165, 1.54) is 5.84 Å². The summed E-state index contributed by atoms with van der Waals surface area (Å²) in [6.07, 6.45) is 0. The lowest BCUT2D eigenvalue weighted by Gasteiger charge is -2.23. The number of nitrogens with zero attached hydrogens (tertiary/aromatic N) is 2. The molecule has 0 aliphatic rings. The average molecular weight is 170 g/mol. The third-order valence-corrected chi connectivity index (χ3v) is 1.77. The molecule has 0 rings (SSSR count). The van der Waals surface area contributed by atoms with E-state index in [1.54, 1.807) is 0 Å². The molecule has 0 aliphatic carbocycles. The van der Waals surface area contributed by atoms with Crippen LogP contribution in [0.2, 0.25) is 0 Å². The molecule has 0 aromatic carbocycles. The maximum absolute atomic E-state index is 4.59. The second-order valence-corrected chi connectivity index (χ2v) is 3.75. The van der Waals surface area contributed by atoms with Crippen molar-refractivity contribution in [3.63, 3.8) is 0 Å². The van der Waals surface area contributed by atoms with Crippen molar-refractivity contribution in [3.05, 3.63) is 0 Å². The van der Waals surface area contributed by atoms with Crippen LogP contribution in [0.25, 0.3) is 0 Å². The highest BCUT2D eigenvalue weighted by Gasteiger charge is 2.09. The Bertz CT molecular complexity index is 148. The Morgan fingerprint density at radius 2 is 1.75 bits per heavy atom. The fourth-order valence-electron chi connectivity index (χ4n) is 1.11. The lowest BCUT2D eigenvalue weighted by molar-refractivity contribution is 0.496. The van der Waals surface area contributed by atoms with Crippen molar-refractivity contribution >= 4 is 5.84 Å². The molecule has 0 unspecified atom stereocenters. The predicted octanol–water partition coefficient (Wildman–Crippen LogP) is 2.40. The molecule has 2 heteroatoms. The van der Waals surface area contributed by atoms with Crippen molar-refractivity contribution in [2.45, 2.75) is 40.7 Å². The Balaban J connectivity index is 4.43. The molecule has 0 aliphatic heterocycles. The summed E-state index contributed by atoms with van der Waals surface area (Å²) < 4.78 is 0. The van der Waals surface area contributed by atoms with Crippen LogP contribution in [-0.4, -0.2) is 30.4 Å². The molecular formula is C10H22N2. The van der Waals surface area contributed by atoms with Gasteiger partial charge in [0.15, 0.2) is 0 Å². The van der Waals surface area contributed by atoms with E-state index in [-0.39, 0.29) is 0 Å². The van der Waals surface area contributed by atoms with Crippen LogP contribution in [0.5, 0.6) is 0 Å². The maximum atomic E-state index is 4.59. The molecule has 0 atom stereocenters. The Kier molecular flexibility index (Phi) is 4.95. The number of hydrogen-bond acceptors (Lipinski definition) is 1. The van der Waals surface area contributed by atoms with E-state index >= 15 is 0 Å². The lowest BCUT2D eigenvalue weighted by atomic mass is 10.2. The first-order valence-electron chi connectivity index (χ1n) is 4.77. The van der Waals surface area contributed by atoms with Gasteiger partial charge >= 0.3 is 0 Å². The average Bonchev–Trinajstić information content (AvgIpc) is 1.98. The van der Waals surface area contributed by atoms with Gasteiger partial charge in [-0.1, -0.05) is 13.8 Å². The molecule has 0 spiro atoms. The molecule has 0 N–H and O–H groups in total. The van der Waals surface area contributed by atoms with Crippen LogP contribution in [0.1, 0.15) is 34.6 Å². The molecule has 0 saturated carbocycles. The second kappa shape index (κ2) is 5.18. The SMILES string of the molecule is CCN(C)/C(=N\C(C)C)C(C)C. The van der Waals surface area contributed by atoms with Gasteiger partial charge in [0.05, 0.1) is 0 Å². The van der Waals surface area contributed by atoms with Crippen LogP contribution in [-0.2, 0) is 0 Å². The molecule has 0 heterocycles. The Hall–Kier alpha value is -0.530. The van der Waals surface area contributed by atoms with Crippen molar-refractivity contribution in [2.75, 3.05) is 13.6 Å². The summed E-state index contributed by atoms with van der Waals surface area (Å²) in [6.45, 7) is 11.8. The fraction of sp³-hybridized carbons (Fsp3) is 0.900. The van der Waals surface area contributed by atoms with Gasteiger partial charge in [-0.2, -0.15) is 0 Å². The first kappa shape index (κ1) is 11.5. The van der Waals surface area contributed by atoms with E-state index in [0.29, 0.717) is 12.0 Å². The highest BCUT2D eigenvalue weighted by atomic mass is 15.2. The van der Waals surface area contributed by atoms with Crippen molar-refractivity contribution in [1.82, 2.24) is 4.90 Å². The topological polar surface area (TPSA) is 15.6 Å². The van der Waals surface area contributed by atoms with Gasteiger partial charge in [0.1, 0.15) is 5.84 Å². The van der Waals surface area contributed by atoms with Crippen LogP contribution in [0.3, 0.4) is 0 Å². The third kappa shape index (κ3) is 3.74. The van der Waals surface area contributed by atoms with Crippen molar-refractivity contribution in [2.24, 2.45) is 10.9 Å². The minimum Gasteiger partial charge on any atom is -0.363 e. The fourth-order valence-corrected chi connectivity index (χ4v) is 1.11. The minimum absolute atomic E-state index is 0.399. The number of hydrogen-bond donors (Lipinski definition) is 0. The summed E-state index contributed by atoms with van der Waals surface area (Å²) in [4.78, 5) is 6.80.